The Labute approximate surface area is 214 Å². The number of anilines is 1. The summed E-state index contributed by atoms with van der Waals surface area (Å²) in [4.78, 5) is 36.4. The van der Waals surface area contributed by atoms with Crippen LogP contribution >= 0.6 is 0 Å². The molecule has 3 aromatic rings. The Morgan fingerprint density at radius 2 is 1.81 bits per heavy atom. The number of hydrogen-bond acceptors (Lipinski definition) is 7. The fourth-order valence-electron chi connectivity index (χ4n) is 4.64. The number of carbonyl (C=O) groups is 2. The largest absolute Gasteiger partial charge is 0.322 e. The molecule has 1 N–H and O–H groups in total. The van der Waals surface area contributed by atoms with Crippen LogP contribution in [0.5, 0.6) is 0 Å². The Balaban J connectivity index is 1.32. The number of amides is 3. The summed E-state index contributed by atoms with van der Waals surface area (Å²) in [5.41, 5.74) is 1.99. The number of nitrogens with zero attached hydrogens (tertiary/aromatic N) is 8. The highest BCUT2D eigenvalue weighted by atomic mass is 19.1. The summed E-state index contributed by atoms with van der Waals surface area (Å²) < 4.78 is 16.6. The van der Waals surface area contributed by atoms with E-state index in [0.29, 0.717) is 44.1 Å². The number of urea groups is 1. The molecule has 0 bridgehead atoms. The summed E-state index contributed by atoms with van der Waals surface area (Å²) in [6.45, 7) is 7.81. The van der Waals surface area contributed by atoms with E-state index in [-0.39, 0.29) is 23.5 Å². The lowest BCUT2D eigenvalue weighted by Crippen LogP contribution is -2.52. The molecule has 5 rings (SSSR count). The molecular weight excluding hydrogens is 477 g/mol. The fraction of sp³-hybridized carbons (Fsp3) is 0.440. The molecule has 0 atom stereocenters. The maximum absolute atomic E-state index is 15.0. The first-order valence-electron chi connectivity index (χ1n) is 12.4. The maximum Gasteiger partial charge on any atom is 0.320 e. The standard InChI is InChI=1S/C25H30FN9O2/c1-16(2)35-23(29-30-31-35)21-5-4-6-22(27-21)28-24(36)19-13-18-15-34(8-7-17(18)14-20(19)26)25(37)33-11-9-32(3)10-12-33/h4-6,13-14,16H,7-12,15H2,1-3H3,(H,27,28,36). The summed E-state index contributed by atoms with van der Waals surface area (Å²) in [6.07, 6.45) is 0.543. The van der Waals surface area contributed by atoms with Gasteiger partial charge in [-0.3, -0.25) is 4.79 Å². The van der Waals surface area contributed by atoms with Crippen molar-refractivity contribution in [1.82, 2.24) is 39.9 Å². The van der Waals surface area contributed by atoms with Crippen molar-refractivity contribution in [1.29, 1.82) is 0 Å². The number of fused-ring (bicyclic) bond motifs is 1. The van der Waals surface area contributed by atoms with E-state index < -0.39 is 11.7 Å². The molecule has 0 spiro atoms. The van der Waals surface area contributed by atoms with Crippen molar-refractivity contribution in [3.8, 4) is 11.5 Å². The Morgan fingerprint density at radius 3 is 2.57 bits per heavy atom. The number of nitrogens with one attached hydrogen (secondary N) is 1. The van der Waals surface area contributed by atoms with Gasteiger partial charge in [-0.2, -0.15) is 0 Å². The minimum atomic E-state index is -0.615. The Bertz CT molecular complexity index is 1320. The smallest absolute Gasteiger partial charge is 0.320 e. The average Bonchev–Trinajstić information content (AvgIpc) is 3.39. The highest BCUT2D eigenvalue weighted by Crippen LogP contribution is 2.25. The van der Waals surface area contributed by atoms with Gasteiger partial charge in [0, 0.05) is 39.3 Å². The van der Waals surface area contributed by atoms with Crippen LogP contribution in [0.15, 0.2) is 30.3 Å². The van der Waals surface area contributed by atoms with Crippen molar-refractivity contribution in [3.05, 3.63) is 52.8 Å². The molecule has 1 fully saturated rings. The molecule has 2 aliphatic heterocycles. The van der Waals surface area contributed by atoms with E-state index >= 15 is 0 Å². The topological polar surface area (TPSA) is 112 Å². The van der Waals surface area contributed by atoms with Crippen molar-refractivity contribution in [2.75, 3.05) is 45.1 Å². The molecule has 37 heavy (non-hydrogen) atoms. The van der Waals surface area contributed by atoms with E-state index in [1.54, 1.807) is 33.8 Å². The first kappa shape index (κ1) is 24.8. The van der Waals surface area contributed by atoms with Crippen LogP contribution in [0.4, 0.5) is 15.0 Å². The Hall–Kier alpha value is -3.93. The molecule has 4 heterocycles. The molecule has 0 radical (unpaired) electrons. The predicted octanol–water partition coefficient (Wildman–Crippen LogP) is 2.43. The molecule has 11 nitrogen and oxygen atoms in total. The number of piperazine rings is 1. The molecule has 0 saturated carbocycles. The average molecular weight is 508 g/mol. The minimum absolute atomic E-state index is 0.0150. The third kappa shape index (κ3) is 5.15. The predicted molar refractivity (Wildman–Crippen MR) is 134 cm³/mol. The van der Waals surface area contributed by atoms with Crippen LogP contribution in [0.3, 0.4) is 0 Å². The van der Waals surface area contributed by atoms with Gasteiger partial charge in [-0.05, 0) is 73.1 Å². The third-order valence-corrected chi connectivity index (χ3v) is 6.79. The molecule has 3 amide bonds. The van der Waals surface area contributed by atoms with Gasteiger partial charge in [0.05, 0.1) is 11.6 Å². The van der Waals surface area contributed by atoms with Crippen LogP contribution in [0.2, 0.25) is 0 Å². The second kappa shape index (κ2) is 10.2. The molecule has 12 heteroatoms. The fourth-order valence-corrected chi connectivity index (χ4v) is 4.64. The van der Waals surface area contributed by atoms with E-state index in [9.17, 15) is 14.0 Å². The molecule has 0 aliphatic carbocycles. The van der Waals surface area contributed by atoms with E-state index in [1.807, 2.05) is 25.8 Å². The van der Waals surface area contributed by atoms with Gasteiger partial charge in [-0.25, -0.2) is 18.9 Å². The molecule has 1 saturated heterocycles. The monoisotopic (exact) mass is 507 g/mol. The van der Waals surface area contributed by atoms with Crippen molar-refractivity contribution in [2.24, 2.45) is 0 Å². The van der Waals surface area contributed by atoms with E-state index in [0.717, 1.165) is 24.2 Å². The molecule has 1 aromatic carbocycles. The summed E-state index contributed by atoms with van der Waals surface area (Å²) in [5.74, 6) is -0.494. The van der Waals surface area contributed by atoms with Gasteiger partial charge >= 0.3 is 6.03 Å². The highest BCUT2D eigenvalue weighted by Gasteiger charge is 2.28. The summed E-state index contributed by atoms with van der Waals surface area (Å²) in [5, 5.41) is 14.4. The number of hydrogen-bond donors (Lipinski definition) is 1. The second-order valence-electron chi connectivity index (χ2n) is 9.75. The van der Waals surface area contributed by atoms with Crippen molar-refractivity contribution in [2.45, 2.75) is 32.9 Å². The number of halogens is 1. The van der Waals surface area contributed by atoms with Crippen molar-refractivity contribution < 1.29 is 14.0 Å². The van der Waals surface area contributed by atoms with E-state index in [4.69, 9.17) is 0 Å². The number of tetrazole rings is 1. The number of carbonyl (C=O) groups excluding carboxylic acids is 2. The van der Waals surface area contributed by atoms with Crippen LogP contribution in [-0.4, -0.2) is 91.6 Å². The van der Waals surface area contributed by atoms with Crippen molar-refractivity contribution in [3.63, 3.8) is 0 Å². The van der Waals surface area contributed by atoms with Crippen LogP contribution in [0, 0.1) is 5.82 Å². The van der Waals surface area contributed by atoms with Gasteiger partial charge in [0.25, 0.3) is 5.91 Å². The molecule has 2 aliphatic rings. The number of pyridine rings is 1. The van der Waals surface area contributed by atoms with Crippen LogP contribution < -0.4 is 5.32 Å². The van der Waals surface area contributed by atoms with Crippen molar-refractivity contribution >= 4 is 17.8 Å². The third-order valence-electron chi connectivity index (χ3n) is 6.79. The first-order chi connectivity index (χ1) is 17.8. The lowest BCUT2D eigenvalue weighted by molar-refractivity contribution is 0.102. The number of rotatable bonds is 4. The number of likely N-dealkylation sites (N-methyl/N-ethyl adjacent to an activating group) is 1. The number of aromatic nitrogens is 5. The van der Waals surface area contributed by atoms with Gasteiger partial charge in [-0.1, -0.05) is 6.07 Å². The zero-order valence-corrected chi connectivity index (χ0v) is 21.2. The lowest BCUT2D eigenvalue weighted by Gasteiger charge is -2.38. The SMILES string of the molecule is CC(C)n1nnnc1-c1cccc(NC(=O)c2cc3c(cc2F)CCN(C(=O)N2CCN(C)CC2)C3)n1. The van der Waals surface area contributed by atoms with Gasteiger partial charge in [0.2, 0.25) is 5.82 Å². The lowest BCUT2D eigenvalue weighted by atomic mass is 9.96. The molecule has 2 aromatic heterocycles. The molecule has 194 valence electrons. The quantitative estimate of drug-likeness (QED) is 0.577. The first-order valence-corrected chi connectivity index (χ1v) is 12.4. The maximum atomic E-state index is 15.0. The molecular formula is C25H30FN9O2. The van der Waals surface area contributed by atoms with Gasteiger partial charge in [0.15, 0.2) is 0 Å². The van der Waals surface area contributed by atoms with Crippen LogP contribution in [0.1, 0.15) is 41.4 Å². The summed E-state index contributed by atoms with van der Waals surface area (Å²) >= 11 is 0. The van der Waals surface area contributed by atoms with Gasteiger partial charge in [0.1, 0.15) is 17.3 Å². The zero-order chi connectivity index (χ0) is 26.1. The van der Waals surface area contributed by atoms with Crippen LogP contribution in [0.25, 0.3) is 11.5 Å². The Kier molecular flexibility index (Phi) is 6.83. The van der Waals surface area contributed by atoms with E-state index in [1.165, 1.54) is 6.07 Å². The van der Waals surface area contributed by atoms with E-state index in [2.05, 4.69) is 30.7 Å². The zero-order valence-electron chi connectivity index (χ0n) is 21.2. The van der Waals surface area contributed by atoms with Gasteiger partial charge < -0.3 is 20.0 Å². The summed E-state index contributed by atoms with van der Waals surface area (Å²) in [7, 11) is 2.04. The van der Waals surface area contributed by atoms with Gasteiger partial charge in [-0.15, -0.1) is 5.10 Å². The number of benzene rings is 1. The molecule has 0 unspecified atom stereocenters. The highest BCUT2D eigenvalue weighted by molar-refractivity contribution is 6.04. The van der Waals surface area contributed by atoms with Crippen LogP contribution in [-0.2, 0) is 13.0 Å². The summed E-state index contributed by atoms with van der Waals surface area (Å²) in [6, 6.07) is 8.05. The Morgan fingerprint density at radius 1 is 1.03 bits per heavy atom. The minimum Gasteiger partial charge on any atom is -0.322 e. The normalized spacial score (nSPS) is 16.1. The second-order valence-corrected chi connectivity index (χ2v) is 9.75.